The molecule has 5 nitrogen and oxygen atoms in total. The quantitative estimate of drug-likeness (QED) is 0.362. The SMILES string of the molecule is Cc1cc(OCCC(Cl)SC(F)(F)F)nc(Oc2ccnc(OC(F)F)c2)c1. The van der Waals surface area contributed by atoms with Crippen molar-refractivity contribution in [2.75, 3.05) is 6.61 Å². The molecule has 2 aromatic heterocycles. The number of aromatic nitrogens is 2. The summed E-state index contributed by atoms with van der Waals surface area (Å²) in [5, 5.41) is 0. The number of thioether (sulfide) groups is 1. The van der Waals surface area contributed by atoms with Crippen molar-refractivity contribution >= 4 is 23.4 Å². The number of ether oxygens (including phenoxy) is 3. The molecule has 2 heterocycles. The van der Waals surface area contributed by atoms with Gasteiger partial charge in [0.1, 0.15) is 5.75 Å². The molecule has 0 spiro atoms. The predicted octanol–water partition coefficient (Wildman–Crippen LogP) is 5.77. The minimum absolute atomic E-state index is 0.0593. The molecule has 0 saturated carbocycles. The number of hydrogen-bond acceptors (Lipinski definition) is 6. The van der Waals surface area contributed by atoms with E-state index in [0.29, 0.717) is 5.56 Å². The molecule has 1 unspecified atom stereocenters. The molecule has 0 aliphatic heterocycles. The summed E-state index contributed by atoms with van der Waals surface area (Å²) in [5.41, 5.74) is -3.72. The molecule has 0 aliphatic carbocycles. The molecule has 0 aromatic carbocycles. The van der Waals surface area contributed by atoms with E-state index in [4.69, 9.17) is 21.1 Å². The topological polar surface area (TPSA) is 53.5 Å². The molecule has 0 aliphatic rings. The van der Waals surface area contributed by atoms with Crippen LogP contribution in [0.25, 0.3) is 0 Å². The molecular weight excluding hydrogens is 431 g/mol. The zero-order chi connectivity index (χ0) is 20.7. The van der Waals surface area contributed by atoms with E-state index >= 15 is 0 Å². The average molecular weight is 445 g/mol. The summed E-state index contributed by atoms with van der Waals surface area (Å²) >= 11 is 5.27. The molecule has 0 N–H and O–H groups in total. The van der Waals surface area contributed by atoms with Crippen molar-refractivity contribution in [3.8, 4) is 23.4 Å². The highest BCUT2D eigenvalue weighted by atomic mass is 35.5. The number of hydrogen-bond donors (Lipinski definition) is 0. The Labute approximate surface area is 166 Å². The lowest BCUT2D eigenvalue weighted by atomic mass is 10.3. The Kier molecular flexibility index (Phi) is 7.93. The van der Waals surface area contributed by atoms with E-state index in [1.54, 1.807) is 19.1 Å². The number of aryl methyl sites for hydroxylation is 1. The summed E-state index contributed by atoms with van der Waals surface area (Å²) in [4.78, 5) is 7.68. The number of alkyl halides is 6. The summed E-state index contributed by atoms with van der Waals surface area (Å²) in [7, 11) is 0. The van der Waals surface area contributed by atoms with Crippen molar-refractivity contribution in [1.82, 2.24) is 9.97 Å². The Morgan fingerprint density at radius 3 is 2.54 bits per heavy atom. The Balaban J connectivity index is 1.97. The maximum absolute atomic E-state index is 12.2. The van der Waals surface area contributed by atoms with Gasteiger partial charge in [-0.25, -0.2) is 4.98 Å². The summed E-state index contributed by atoms with van der Waals surface area (Å²) in [6.45, 7) is -1.39. The molecule has 0 radical (unpaired) electrons. The summed E-state index contributed by atoms with van der Waals surface area (Å²) < 4.78 is 75.0. The van der Waals surface area contributed by atoms with Gasteiger partial charge in [0.05, 0.1) is 11.3 Å². The number of pyridine rings is 2. The van der Waals surface area contributed by atoms with Crippen LogP contribution in [-0.2, 0) is 0 Å². The highest BCUT2D eigenvalue weighted by Gasteiger charge is 2.32. The van der Waals surface area contributed by atoms with Gasteiger partial charge in [0.25, 0.3) is 0 Å². The van der Waals surface area contributed by atoms with Gasteiger partial charge in [-0.05, 0) is 30.3 Å². The van der Waals surface area contributed by atoms with E-state index in [9.17, 15) is 22.0 Å². The summed E-state index contributed by atoms with van der Waals surface area (Å²) in [5.74, 6) is 0.0364. The lowest BCUT2D eigenvalue weighted by Crippen LogP contribution is -2.10. The van der Waals surface area contributed by atoms with Crippen LogP contribution in [0.2, 0.25) is 0 Å². The third kappa shape index (κ3) is 8.34. The largest absolute Gasteiger partial charge is 0.477 e. The molecule has 0 fully saturated rings. The third-order valence-corrected chi connectivity index (χ3v) is 4.16. The van der Waals surface area contributed by atoms with E-state index in [1.165, 1.54) is 12.3 Å². The molecule has 0 bridgehead atoms. The second kappa shape index (κ2) is 9.97. The van der Waals surface area contributed by atoms with E-state index in [0.717, 1.165) is 6.07 Å². The van der Waals surface area contributed by atoms with Crippen LogP contribution in [0.4, 0.5) is 22.0 Å². The maximum Gasteiger partial charge on any atom is 0.443 e. The second-order valence-electron chi connectivity index (χ2n) is 5.24. The van der Waals surface area contributed by atoms with Crippen molar-refractivity contribution < 1.29 is 36.2 Å². The van der Waals surface area contributed by atoms with Crippen molar-refractivity contribution in [3.63, 3.8) is 0 Å². The van der Waals surface area contributed by atoms with Crippen molar-refractivity contribution in [1.29, 1.82) is 0 Å². The highest BCUT2D eigenvalue weighted by molar-refractivity contribution is 8.01. The molecular formula is C16H14ClF5N2O3S. The van der Waals surface area contributed by atoms with Crippen molar-refractivity contribution in [2.45, 2.75) is 30.2 Å². The second-order valence-corrected chi connectivity index (χ2v) is 7.30. The Morgan fingerprint density at radius 1 is 1.14 bits per heavy atom. The van der Waals surface area contributed by atoms with Crippen LogP contribution >= 0.6 is 23.4 Å². The zero-order valence-electron chi connectivity index (χ0n) is 14.3. The molecule has 28 heavy (non-hydrogen) atoms. The van der Waals surface area contributed by atoms with Crippen LogP contribution in [0, 0.1) is 6.92 Å². The Hall–Kier alpha value is -2.01. The van der Waals surface area contributed by atoms with Gasteiger partial charge in [0.15, 0.2) is 0 Å². The van der Waals surface area contributed by atoms with Crippen LogP contribution in [0.3, 0.4) is 0 Å². The monoisotopic (exact) mass is 444 g/mol. The van der Waals surface area contributed by atoms with Crippen LogP contribution in [0.15, 0.2) is 30.5 Å². The Morgan fingerprint density at radius 2 is 1.86 bits per heavy atom. The highest BCUT2D eigenvalue weighted by Crippen LogP contribution is 2.37. The van der Waals surface area contributed by atoms with Gasteiger partial charge < -0.3 is 14.2 Å². The normalized spacial score (nSPS) is 12.7. The van der Waals surface area contributed by atoms with Crippen LogP contribution in [0.1, 0.15) is 12.0 Å². The fourth-order valence-corrected chi connectivity index (χ4v) is 2.82. The van der Waals surface area contributed by atoms with Gasteiger partial charge >= 0.3 is 12.1 Å². The van der Waals surface area contributed by atoms with Gasteiger partial charge in [0.2, 0.25) is 17.6 Å². The van der Waals surface area contributed by atoms with E-state index in [1.807, 2.05) is 0 Å². The lowest BCUT2D eigenvalue weighted by molar-refractivity contribution is -0.0529. The number of nitrogens with zero attached hydrogens (tertiary/aromatic N) is 2. The first-order valence-corrected chi connectivity index (χ1v) is 9.01. The van der Waals surface area contributed by atoms with Gasteiger partial charge in [0, 0.05) is 30.8 Å². The first-order valence-electron chi connectivity index (χ1n) is 7.69. The average Bonchev–Trinajstić information content (AvgIpc) is 2.52. The Bertz CT molecular complexity index is 782. The molecule has 154 valence electrons. The summed E-state index contributed by atoms with van der Waals surface area (Å²) in [6.07, 6.45) is 1.16. The number of rotatable bonds is 9. The van der Waals surface area contributed by atoms with E-state index in [2.05, 4.69) is 14.7 Å². The van der Waals surface area contributed by atoms with E-state index < -0.39 is 16.8 Å². The first kappa shape index (κ1) is 22.3. The summed E-state index contributed by atoms with van der Waals surface area (Å²) in [6, 6.07) is 5.69. The molecule has 12 heteroatoms. The predicted molar refractivity (Wildman–Crippen MR) is 93.3 cm³/mol. The van der Waals surface area contributed by atoms with Crippen LogP contribution in [-0.4, -0.2) is 33.4 Å². The minimum Gasteiger partial charge on any atom is -0.477 e. The van der Waals surface area contributed by atoms with E-state index in [-0.39, 0.29) is 48.2 Å². The number of halogens is 6. The molecule has 0 saturated heterocycles. The third-order valence-electron chi connectivity index (χ3n) is 2.92. The van der Waals surface area contributed by atoms with Gasteiger partial charge in [-0.15, -0.1) is 11.6 Å². The molecule has 2 rings (SSSR count). The lowest BCUT2D eigenvalue weighted by Gasteiger charge is -2.13. The van der Waals surface area contributed by atoms with Crippen LogP contribution < -0.4 is 14.2 Å². The zero-order valence-corrected chi connectivity index (χ0v) is 15.8. The van der Waals surface area contributed by atoms with Gasteiger partial charge in [-0.1, -0.05) is 0 Å². The first-order chi connectivity index (χ1) is 13.1. The van der Waals surface area contributed by atoms with Crippen molar-refractivity contribution in [3.05, 3.63) is 36.0 Å². The standard InChI is InChI=1S/C16H14ClF5N2O3S/c1-9-6-13(25-5-3-11(17)28-16(20,21)22)24-14(7-9)26-10-2-4-23-12(8-10)27-15(18)19/h2,4,6-8,11,15H,3,5H2,1H3. The minimum atomic E-state index is -4.42. The fourth-order valence-electron chi connectivity index (χ4n) is 1.92. The van der Waals surface area contributed by atoms with Gasteiger partial charge in [-0.2, -0.15) is 26.9 Å². The molecule has 0 amide bonds. The van der Waals surface area contributed by atoms with Gasteiger partial charge in [-0.3, -0.25) is 0 Å². The van der Waals surface area contributed by atoms with Crippen LogP contribution in [0.5, 0.6) is 23.4 Å². The molecule has 1 atom stereocenters. The molecule has 2 aromatic rings. The smallest absolute Gasteiger partial charge is 0.443 e. The fraction of sp³-hybridized carbons (Fsp3) is 0.375. The van der Waals surface area contributed by atoms with Crippen molar-refractivity contribution in [2.24, 2.45) is 0 Å². The maximum atomic E-state index is 12.2.